The summed E-state index contributed by atoms with van der Waals surface area (Å²) in [6, 6.07) is 0. The third-order valence-electron chi connectivity index (χ3n) is 2.71. The highest BCUT2D eigenvalue weighted by Crippen LogP contribution is 2.32. The maximum absolute atomic E-state index is 11.4. The van der Waals surface area contributed by atoms with E-state index >= 15 is 0 Å². The highest BCUT2D eigenvalue weighted by atomic mass is 35.7. The minimum Gasteiger partial charge on any atom is -0.212 e. The smallest absolute Gasteiger partial charge is 0.212 e. The summed E-state index contributed by atoms with van der Waals surface area (Å²) in [6.45, 7) is 5.88. The molecule has 4 heteroatoms. The average Bonchev–Trinajstić information content (AvgIpc) is 2.09. The lowest BCUT2D eigenvalue weighted by atomic mass is 9.97. The van der Waals surface area contributed by atoms with E-state index in [0.29, 0.717) is 12.8 Å². The minimum absolute atomic E-state index is 0.676. The molecule has 0 N–H and O–H groups in total. The summed E-state index contributed by atoms with van der Waals surface area (Å²) in [5.41, 5.74) is 0. The molecular weight excluding hydrogens is 220 g/mol. The first kappa shape index (κ1) is 14.2. The fraction of sp³-hybridized carbons (Fsp3) is 1.00. The Hall–Kier alpha value is 0.240. The highest BCUT2D eigenvalue weighted by Gasteiger charge is 2.36. The van der Waals surface area contributed by atoms with E-state index in [9.17, 15) is 8.42 Å². The molecule has 2 nitrogen and oxygen atoms in total. The molecule has 0 aliphatic rings. The lowest BCUT2D eigenvalue weighted by Crippen LogP contribution is -2.31. The maximum atomic E-state index is 11.4. The van der Waals surface area contributed by atoms with Crippen LogP contribution in [0.3, 0.4) is 0 Å². The lowest BCUT2D eigenvalue weighted by Gasteiger charge is -2.25. The van der Waals surface area contributed by atoms with Gasteiger partial charge in [0.25, 0.3) is 0 Å². The third kappa shape index (κ3) is 4.18. The van der Waals surface area contributed by atoms with Gasteiger partial charge >= 0.3 is 0 Å². The number of hydrogen-bond donors (Lipinski definition) is 0. The van der Waals surface area contributed by atoms with E-state index in [-0.39, 0.29) is 0 Å². The van der Waals surface area contributed by atoms with Gasteiger partial charge in [-0.05, 0) is 19.8 Å². The zero-order valence-corrected chi connectivity index (χ0v) is 10.9. The van der Waals surface area contributed by atoms with Crippen LogP contribution in [0.5, 0.6) is 0 Å². The summed E-state index contributed by atoms with van der Waals surface area (Å²) in [4.78, 5) is 0. The van der Waals surface area contributed by atoms with Gasteiger partial charge in [0.1, 0.15) is 0 Å². The Morgan fingerprint density at radius 2 is 1.43 bits per heavy atom. The molecule has 0 rings (SSSR count). The van der Waals surface area contributed by atoms with Gasteiger partial charge in [0.05, 0.1) is 4.75 Å². The molecule has 0 saturated heterocycles. The maximum Gasteiger partial charge on any atom is 0.238 e. The van der Waals surface area contributed by atoms with Crippen LogP contribution in [0.25, 0.3) is 0 Å². The molecule has 0 aliphatic heterocycles. The molecule has 0 aromatic rings. The summed E-state index contributed by atoms with van der Waals surface area (Å²) in [6.07, 6.45) is 5.21. The van der Waals surface area contributed by atoms with Crippen molar-refractivity contribution >= 4 is 19.7 Å². The van der Waals surface area contributed by atoms with Gasteiger partial charge < -0.3 is 0 Å². The first-order valence-corrected chi connectivity index (χ1v) is 7.62. The first-order chi connectivity index (χ1) is 6.37. The van der Waals surface area contributed by atoms with Crippen molar-refractivity contribution in [2.24, 2.45) is 0 Å². The van der Waals surface area contributed by atoms with Crippen LogP contribution in [0, 0.1) is 0 Å². The van der Waals surface area contributed by atoms with Crippen LogP contribution < -0.4 is 0 Å². The van der Waals surface area contributed by atoms with Gasteiger partial charge in [0.2, 0.25) is 9.05 Å². The Morgan fingerprint density at radius 1 is 1.07 bits per heavy atom. The molecule has 0 spiro atoms. The van der Waals surface area contributed by atoms with Crippen LogP contribution >= 0.6 is 10.7 Å². The molecule has 14 heavy (non-hydrogen) atoms. The second-order valence-corrected chi connectivity index (χ2v) is 7.17. The average molecular weight is 241 g/mol. The van der Waals surface area contributed by atoms with Crippen LogP contribution in [0.4, 0.5) is 0 Å². The summed E-state index contributed by atoms with van der Waals surface area (Å²) in [7, 11) is 2.05. The SMILES string of the molecule is CCCCC(C)(CCCC)S(=O)(=O)Cl. The minimum atomic E-state index is -3.44. The number of unbranched alkanes of at least 4 members (excludes halogenated alkanes) is 2. The zero-order chi connectivity index (χ0) is 11.2. The van der Waals surface area contributed by atoms with Crippen LogP contribution in [0.2, 0.25) is 0 Å². The molecule has 0 unspecified atom stereocenters. The summed E-state index contributed by atoms with van der Waals surface area (Å²) in [5.74, 6) is 0. The second-order valence-electron chi connectivity index (χ2n) is 4.09. The monoisotopic (exact) mass is 240 g/mol. The molecule has 0 radical (unpaired) electrons. The van der Waals surface area contributed by atoms with Crippen molar-refractivity contribution in [3.05, 3.63) is 0 Å². The molecule has 0 heterocycles. The highest BCUT2D eigenvalue weighted by molar-refractivity contribution is 8.14. The van der Waals surface area contributed by atoms with E-state index in [1.807, 2.05) is 0 Å². The molecule has 0 bridgehead atoms. The van der Waals surface area contributed by atoms with Crippen LogP contribution in [-0.4, -0.2) is 13.2 Å². The Morgan fingerprint density at radius 3 is 1.64 bits per heavy atom. The van der Waals surface area contributed by atoms with Crippen LogP contribution in [0.15, 0.2) is 0 Å². The van der Waals surface area contributed by atoms with Gasteiger partial charge in [-0.15, -0.1) is 0 Å². The van der Waals surface area contributed by atoms with Gasteiger partial charge in [0.15, 0.2) is 0 Å². The molecule has 0 fully saturated rings. The van der Waals surface area contributed by atoms with Gasteiger partial charge in [-0.3, -0.25) is 0 Å². The van der Waals surface area contributed by atoms with E-state index in [1.54, 1.807) is 6.92 Å². The van der Waals surface area contributed by atoms with Crippen LogP contribution in [-0.2, 0) is 9.05 Å². The van der Waals surface area contributed by atoms with Crippen molar-refractivity contribution in [3.8, 4) is 0 Å². The zero-order valence-electron chi connectivity index (χ0n) is 9.35. The standard InChI is InChI=1S/C10H21ClO2S/c1-4-6-8-10(3,9-7-5-2)14(11,12)13/h4-9H2,1-3H3. The van der Waals surface area contributed by atoms with E-state index in [4.69, 9.17) is 10.7 Å². The van der Waals surface area contributed by atoms with Crippen LogP contribution in [0.1, 0.15) is 59.3 Å². The van der Waals surface area contributed by atoms with Crippen molar-refractivity contribution in [1.29, 1.82) is 0 Å². The summed E-state index contributed by atoms with van der Waals surface area (Å²) < 4.78 is 22.1. The number of rotatable bonds is 7. The molecule has 0 aromatic heterocycles. The molecule has 0 amide bonds. The Kier molecular flexibility index (Phi) is 6.06. The van der Waals surface area contributed by atoms with Crippen molar-refractivity contribution in [2.75, 3.05) is 0 Å². The number of halogens is 1. The van der Waals surface area contributed by atoms with E-state index in [2.05, 4.69) is 13.8 Å². The first-order valence-electron chi connectivity index (χ1n) is 5.31. The summed E-state index contributed by atoms with van der Waals surface area (Å²) in [5, 5.41) is 0. The van der Waals surface area contributed by atoms with Gasteiger partial charge in [-0.2, -0.15) is 0 Å². The Bertz CT molecular complexity index is 239. The van der Waals surface area contributed by atoms with Gasteiger partial charge in [-0.25, -0.2) is 8.42 Å². The number of hydrogen-bond acceptors (Lipinski definition) is 2. The predicted octanol–water partition coefficient (Wildman–Crippen LogP) is 3.69. The topological polar surface area (TPSA) is 34.1 Å². The largest absolute Gasteiger partial charge is 0.238 e. The van der Waals surface area contributed by atoms with E-state index in [0.717, 1.165) is 25.7 Å². The molecule has 0 saturated carbocycles. The van der Waals surface area contributed by atoms with Crippen molar-refractivity contribution in [1.82, 2.24) is 0 Å². The van der Waals surface area contributed by atoms with Gasteiger partial charge in [-0.1, -0.05) is 39.5 Å². The Balaban J connectivity index is 4.50. The van der Waals surface area contributed by atoms with E-state index in [1.165, 1.54) is 0 Å². The molecule has 86 valence electrons. The van der Waals surface area contributed by atoms with Crippen molar-refractivity contribution in [3.63, 3.8) is 0 Å². The summed E-state index contributed by atoms with van der Waals surface area (Å²) >= 11 is 0. The Labute approximate surface area is 92.5 Å². The molecule has 0 aromatic carbocycles. The van der Waals surface area contributed by atoms with E-state index < -0.39 is 13.8 Å². The molecular formula is C10H21ClO2S. The van der Waals surface area contributed by atoms with Gasteiger partial charge in [0, 0.05) is 10.7 Å². The lowest BCUT2D eigenvalue weighted by molar-refractivity contribution is 0.460. The van der Waals surface area contributed by atoms with Crippen molar-refractivity contribution in [2.45, 2.75) is 64.0 Å². The molecule has 0 aliphatic carbocycles. The predicted molar refractivity (Wildman–Crippen MR) is 62.2 cm³/mol. The molecule has 0 atom stereocenters. The second kappa shape index (κ2) is 5.96. The fourth-order valence-corrected chi connectivity index (χ4v) is 2.71. The fourth-order valence-electron chi connectivity index (χ4n) is 1.47. The normalized spacial score (nSPS) is 13.1. The van der Waals surface area contributed by atoms with Crippen molar-refractivity contribution < 1.29 is 8.42 Å². The quantitative estimate of drug-likeness (QED) is 0.636. The third-order valence-corrected chi connectivity index (χ3v) is 5.41.